The summed E-state index contributed by atoms with van der Waals surface area (Å²) >= 11 is 1.24. The average Bonchev–Trinajstić information content (AvgIpc) is 2.84. The summed E-state index contributed by atoms with van der Waals surface area (Å²) in [6, 6.07) is 0.0362. The van der Waals surface area contributed by atoms with E-state index in [-0.39, 0.29) is 18.0 Å². The molecule has 2 rings (SSSR count). The van der Waals surface area contributed by atoms with Crippen LogP contribution in [0.3, 0.4) is 0 Å². The highest BCUT2D eigenvalue weighted by Crippen LogP contribution is 2.16. The number of ether oxygens (including phenoxy) is 1. The molecule has 1 fully saturated rings. The van der Waals surface area contributed by atoms with Gasteiger partial charge in [-0.15, -0.1) is 11.3 Å². The van der Waals surface area contributed by atoms with Gasteiger partial charge in [-0.3, -0.25) is 4.79 Å². The van der Waals surface area contributed by atoms with Crippen molar-refractivity contribution in [3.05, 3.63) is 11.1 Å². The largest absolute Gasteiger partial charge is 0.444 e. The Morgan fingerprint density at radius 3 is 2.55 bits per heavy atom. The molecule has 1 aliphatic heterocycles. The standard InChI is InChI=1S/C14H22N4O3S/c1-14(2,3)21-13(20)18-6-4-9(5-7-18)16-11(19)10-8-22-12(15)17-10/h8-9H,4-7H2,1-3H3,(H2,15,17)(H,16,19). The predicted octanol–water partition coefficient (Wildman–Crippen LogP) is 1.85. The third kappa shape index (κ3) is 4.59. The smallest absolute Gasteiger partial charge is 0.410 e. The van der Waals surface area contributed by atoms with E-state index in [9.17, 15) is 9.59 Å². The van der Waals surface area contributed by atoms with Gasteiger partial charge in [0.15, 0.2) is 5.13 Å². The van der Waals surface area contributed by atoms with E-state index in [1.165, 1.54) is 11.3 Å². The minimum atomic E-state index is -0.493. The number of hydrogen-bond donors (Lipinski definition) is 2. The molecule has 0 spiro atoms. The van der Waals surface area contributed by atoms with Gasteiger partial charge in [0.1, 0.15) is 11.3 Å². The lowest BCUT2D eigenvalue weighted by atomic mass is 10.1. The molecular weight excluding hydrogens is 304 g/mol. The lowest BCUT2D eigenvalue weighted by Gasteiger charge is -2.33. The number of thiazole rings is 1. The van der Waals surface area contributed by atoms with Crippen LogP contribution < -0.4 is 11.1 Å². The highest BCUT2D eigenvalue weighted by molar-refractivity contribution is 7.13. The summed E-state index contributed by atoms with van der Waals surface area (Å²) < 4.78 is 5.34. The molecule has 1 saturated heterocycles. The number of aromatic nitrogens is 1. The van der Waals surface area contributed by atoms with Gasteiger partial charge in [0, 0.05) is 24.5 Å². The first-order valence-corrected chi connectivity index (χ1v) is 8.12. The molecule has 0 unspecified atom stereocenters. The van der Waals surface area contributed by atoms with Crippen LogP contribution in [0.1, 0.15) is 44.1 Å². The first-order chi connectivity index (χ1) is 10.2. The summed E-state index contributed by atoms with van der Waals surface area (Å²) in [5.41, 5.74) is 5.37. The molecule has 3 N–H and O–H groups in total. The van der Waals surface area contributed by atoms with Crippen LogP contribution in [0.15, 0.2) is 5.38 Å². The van der Waals surface area contributed by atoms with Crippen LogP contribution in [0.4, 0.5) is 9.93 Å². The van der Waals surface area contributed by atoms with E-state index >= 15 is 0 Å². The van der Waals surface area contributed by atoms with Crippen LogP contribution >= 0.6 is 11.3 Å². The van der Waals surface area contributed by atoms with Crippen LogP contribution in [0.2, 0.25) is 0 Å². The van der Waals surface area contributed by atoms with Crippen molar-refractivity contribution in [2.75, 3.05) is 18.8 Å². The molecule has 0 radical (unpaired) electrons. The molecule has 22 heavy (non-hydrogen) atoms. The fourth-order valence-corrected chi connectivity index (χ4v) is 2.73. The van der Waals surface area contributed by atoms with Crippen molar-refractivity contribution in [3.63, 3.8) is 0 Å². The zero-order chi connectivity index (χ0) is 16.3. The molecule has 0 bridgehead atoms. The molecule has 0 saturated carbocycles. The Morgan fingerprint density at radius 1 is 1.41 bits per heavy atom. The number of nitrogen functional groups attached to an aromatic ring is 1. The predicted molar refractivity (Wildman–Crippen MR) is 84.8 cm³/mol. The zero-order valence-electron chi connectivity index (χ0n) is 13.1. The van der Waals surface area contributed by atoms with Gasteiger partial charge in [-0.2, -0.15) is 0 Å². The minimum Gasteiger partial charge on any atom is -0.444 e. The fourth-order valence-electron chi connectivity index (χ4n) is 2.18. The number of nitrogens with two attached hydrogens (primary N) is 1. The second kappa shape index (κ2) is 6.51. The van der Waals surface area contributed by atoms with E-state index in [1.807, 2.05) is 20.8 Å². The van der Waals surface area contributed by atoms with E-state index in [0.717, 1.165) is 0 Å². The molecular formula is C14H22N4O3S. The Hall–Kier alpha value is -1.83. The fraction of sp³-hybridized carbons (Fsp3) is 0.643. The van der Waals surface area contributed by atoms with E-state index in [2.05, 4.69) is 10.3 Å². The van der Waals surface area contributed by atoms with Crippen LogP contribution in [0, 0.1) is 0 Å². The second-order valence-electron chi connectivity index (χ2n) is 6.29. The Balaban J connectivity index is 1.80. The Morgan fingerprint density at radius 2 is 2.05 bits per heavy atom. The van der Waals surface area contributed by atoms with Gasteiger partial charge in [0.25, 0.3) is 5.91 Å². The van der Waals surface area contributed by atoms with Gasteiger partial charge in [0.05, 0.1) is 0 Å². The summed E-state index contributed by atoms with van der Waals surface area (Å²) in [5.74, 6) is -0.219. The molecule has 1 aromatic rings. The molecule has 122 valence electrons. The molecule has 1 aromatic heterocycles. The number of anilines is 1. The zero-order valence-corrected chi connectivity index (χ0v) is 13.9. The summed E-state index contributed by atoms with van der Waals surface area (Å²) in [5, 5.41) is 4.95. The van der Waals surface area contributed by atoms with Crippen LogP contribution in [-0.4, -0.2) is 46.6 Å². The maximum Gasteiger partial charge on any atom is 0.410 e. The van der Waals surface area contributed by atoms with Gasteiger partial charge >= 0.3 is 6.09 Å². The summed E-state index contributed by atoms with van der Waals surface area (Å²) in [6.07, 6.45) is 1.10. The van der Waals surface area contributed by atoms with Crippen molar-refractivity contribution >= 4 is 28.5 Å². The third-order valence-electron chi connectivity index (χ3n) is 3.24. The Bertz CT molecular complexity index is 545. The van der Waals surface area contributed by atoms with Crippen molar-refractivity contribution in [2.45, 2.75) is 45.3 Å². The monoisotopic (exact) mass is 326 g/mol. The van der Waals surface area contributed by atoms with Crippen molar-refractivity contribution in [1.29, 1.82) is 0 Å². The number of nitrogens with zero attached hydrogens (tertiary/aromatic N) is 2. The van der Waals surface area contributed by atoms with E-state index in [0.29, 0.717) is 36.8 Å². The summed E-state index contributed by atoms with van der Waals surface area (Å²) in [6.45, 7) is 6.67. The van der Waals surface area contributed by atoms with Gasteiger partial charge in [-0.25, -0.2) is 9.78 Å². The second-order valence-corrected chi connectivity index (χ2v) is 7.18. The number of hydrogen-bond acceptors (Lipinski definition) is 6. The topological polar surface area (TPSA) is 97.5 Å². The van der Waals surface area contributed by atoms with E-state index in [1.54, 1.807) is 10.3 Å². The molecule has 8 heteroatoms. The quantitative estimate of drug-likeness (QED) is 0.864. The van der Waals surface area contributed by atoms with E-state index in [4.69, 9.17) is 10.5 Å². The number of amides is 2. The molecule has 2 heterocycles. The number of carbonyl (C=O) groups excluding carboxylic acids is 2. The SMILES string of the molecule is CC(C)(C)OC(=O)N1CCC(NC(=O)c2csc(N)n2)CC1. The third-order valence-corrected chi connectivity index (χ3v) is 3.91. The van der Waals surface area contributed by atoms with Crippen LogP contribution in [0.5, 0.6) is 0 Å². The first-order valence-electron chi connectivity index (χ1n) is 7.24. The minimum absolute atomic E-state index is 0.0362. The van der Waals surface area contributed by atoms with Gasteiger partial charge in [0.2, 0.25) is 0 Å². The first kappa shape index (κ1) is 16.5. The molecule has 0 aliphatic carbocycles. The highest BCUT2D eigenvalue weighted by Gasteiger charge is 2.27. The number of piperidine rings is 1. The molecule has 7 nitrogen and oxygen atoms in total. The van der Waals surface area contributed by atoms with E-state index < -0.39 is 5.60 Å². The molecule has 0 aromatic carbocycles. The van der Waals surface area contributed by atoms with Gasteiger partial charge in [-0.05, 0) is 33.6 Å². The molecule has 0 atom stereocenters. The number of likely N-dealkylation sites (tertiary alicyclic amines) is 1. The lowest BCUT2D eigenvalue weighted by Crippen LogP contribution is -2.47. The Kier molecular flexibility index (Phi) is 4.90. The summed E-state index contributed by atoms with van der Waals surface area (Å²) in [7, 11) is 0. The maximum atomic E-state index is 12.0. The Labute approximate surface area is 133 Å². The van der Waals surface area contributed by atoms with Crippen molar-refractivity contribution < 1.29 is 14.3 Å². The lowest BCUT2D eigenvalue weighted by molar-refractivity contribution is 0.0199. The summed E-state index contributed by atoms with van der Waals surface area (Å²) in [4.78, 5) is 29.6. The van der Waals surface area contributed by atoms with Crippen LogP contribution in [0.25, 0.3) is 0 Å². The number of carbonyl (C=O) groups is 2. The molecule has 1 aliphatic rings. The normalized spacial score (nSPS) is 16.4. The maximum absolute atomic E-state index is 12.0. The number of nitrogens with one attached hydrogen (secondary N) is 1. The number of rotatable bonds is 2. The van der Waals surface area contributed by atoms with Crippen molar-refractivity contribution in [2.24, 2.45) is 0 Å². The van der Waals surface area contributed by atoms with Gasteiger partial charge in [-0.1, -0.05) is 0 Å². The van der Waals surface area contributed by atoms with Gasteiger partial charge < -0.3 is 20.7 Å². The highest BCUT2D eigenvalue weighted by atomic mass is 32.1. The average molecular weight is 326 g/mol. The molecule has 2 amide bonds. The van der Waals surface area contributed by atoms with Crippen molar-refractivity contribution in [3.8, 4) is 0 Å². The van der Waals surface area contributed by atoms with Crippen molar-refractivity contribution in [1.82, 2.24) is 15.2 Å². The van der Waals surface area contributed by atoms with Crippen LogP contribution in [-0.2, 0) is 4.74 Å².